The van der Waals surface area contributed by atoms with Gasteiger partial charge in [-0.05, 0) is 35.6 Å². The molecule has 1 saturated carbocycles. The van der Waals surface area contributed by atoms with Crippen molar-refractivity contribution in [3.05, 3.63) is 65.2 Å². The molecule has 0 aliphatic heterocycles. The van der Waals surface area contributed by atoms with Gasteiger partial charge in [0.1, 0.15) is 6.61 Å². The van der Waals surface area contributed by atoms with Crippen LogP contribution in [0.5, 0.6) is 5.75 Å². The second-order valence-electron chi connectivity index (χ2n) is 5.37. The van der Waals surface area contributed by atoms with Crippen molar-refractivity contribution < 1.29 is 23.4 Å². The van der Waals surface area contributed by atoms with Gasteiger partial charge in [0, 0.05) is 0 Å². The molecule has 1 N–H and O–H groups in total. The summed E-state index contributed by atoms with van der Waals surface area (Å²) in [6.07, 6.45) is 0.415. The van der Waals surface area contributed by atoms with E-state index in [9.17, 15) is 13.6 Å². The zero-order chi connectivity index (χ0) is 15.7. The number of carboxylic acid groups (broad SMARTS) is 1. The van der Waals surface area contributed by atoms with Gasteiger partial charge in [-0.15, -0.1) is 0 Å². The Morgan fingerprint density at radius 1 is 1.18 bits per heavy atom. The van der Waals surface area contributed by atoms with Crippen LogP contribution in [0.25, 0.3) is 0 Å². The van der Waals surface area contributed by atoms with Gasteiger partial charge in [0.2, 0.25) is 0 Å². The Hall–Kier alpha value is -2.43. The SMILES string of the molecule is O=C(O)C1CC1c1cc(F)c(OCc2ccccc2)c(F)c1. The molecule has 0 bridgehead atoms. The highest BCUT2D eigenvalue weighted by molar-refractivity contribution is 5.75. The highest BCUT2D eigenvalue weighted by Crippen LogP contribution is 2.48. The predicted octanol–water partition coefficient (Wildman–Crippen LogP) is 3.73. The molecule has 114 valence electrons. The van der Waals surface area contributed by atoms with E-state index >= 15 is 0 Å². The smallest absolute Gasteiger partial charge is 0.307 e. The van der Waals surface area contributed by atoms with E-state index in [-0.39, 0.29) is 12.5 Å². The lowest BCUT2D eigenvalue weighted by molar-refractivity contribution is -0.138. The lowest BCUT2D eigenvalue weighted by atomic mass is 10.1. The molecule has 5 heteroatoms. The molecule has 0 amide bonds. The Bertz CT molecular complexity index is 677. The summed E-state index contributed by atoms with van der Waals surface area (Å²) < 4.78 is 33.3. The molecule has 1 fully saturated rings. The fourth-order valence-corrected chi connectivity index (χ4v) is 2.50. The van der Waals surface area contributed by atoms with E-state index in [1.165, 1.54) is 0 Å². The summed E-state index contributed by atoms with van der Waals surface area (Å²) in [6.45, 7) is 0.0647. The van der Waals surface area contributed by atoms with Gasteiger partial charge < -0.3 is 9.84 Å². The second kappa shape index (κ2) is 5.75. The van der Waals surface area contributed by atoms with E-state index in [4.69, 9.17) is 9.84 Å². The average Bonchev–Trinajstić information content (AvgIpc) is 3.28. The van der Waals surface area contributed by atoms with Gasteiger partial charge in [-0.1, -0.05) is 30.3 Å². The third-order valence-corrected chi connectivity index (χ3v) is 3.78. The van der Waals surface area contributed by atoms with Crippen LogP contribution in [-0.4, -0.2) is 11.1 Å². The zero-order valence-electron chi connectivity index (χ0n) is 11.6. The van der Waals surface area contributed by atoms with Crippen molar-refractivity contribution in [1.29, 1.82) is 0 Å². The number of benzene rings is 2. The highest BCUT2D eigenvalue weighted by atomic mass is 19.1. The minimum Gasteiger partial charge on any atom is -0.483 e. The van der Waals surface area contributed by atoms with E-state index in [1.807, 2.05) is 18.2 Å². The maximum Gasteiger partial charge on any atom is 0.307 e. The van der Waals surface area contributed by atoms with Gasteiger partial charge in [0.15, 0.2) is 17.4 Å². The maximum absolute atomic E-state index is 14.0. The molecule has 3 rings (SSSR count). The molecule has 0 heterocycles. The standard InChI is InChI=1S/C17H14F2O3/c18-14-6-11(12-8-13(12)17(20)21)7-15(19)16(14)22-9-10-4-2-1-3-5-10/h1-7,12-13H,8-9H2,(H,20,21). The molecular weight excluding hydrogens is 290 g/mol. The van der Waals surface area contributed by atoms with Crippen molar-refractivity contribution in [2.75, 3.05) is 0 Å². The molecule has 22 heavy (non-hydrogen) atoms. The van der Waals surface area contributed by atoms with Crippen molar-refractivity contribution in [2.24, 2.45) is 5.92 Å². The van der Waals surface area contributed by atoms with Crippen LogP contribution < -0.4 is 4.74 Å². The van der Waals surface area contributed by atoms with Gasteiger partial charge in [0.25, 0.3) is 0 Å². The first-order valence-electron chi connectivity index (χ1n) is 6.94. The zero-order valence-corrected chi connectivity index (χ0v) is 11.6. The minimum atomic E-state index is -0.935. The molecule has 2 unspecified atom stereocenters. The maximum atomic E-state index is 14.0. The van der Waals surface area contributed by atoms with Crippen molar-refractivity contribution in [3.63, 3.8) is 0 Å². The molecule has 2 aromatic carbocycles. The lowest BCUT2D eigenvalue weighted by Crippen LogP contribution is -2.02. The fraction of sp³-hybridized carbons (Fsp3) is 0.235. The van der Waals surface area contributed by atoms with E-state index < -0.39 is 29.3 Å². The Morgan fingerprint density at radius 3 is 2.36 bits per heavy atom. The van der Waals surface area contributed by atoms with Crippen LogP contribution in [0.15, 0.2) is 42.5 Å². The van der Waals surface area contributed by atoms with Gasteiger partial charge >= 0.3 is 5.97 Å². The highest BCUT2D eigenvalue weighted by Gasteiger charge is 2.44. The number of carboxylic acids is 1. The van der Waals surface area contributed by atoms with Crippen LogP contribution in [0, 0.1) is 17.6 Å². The van der Waals surface area contributed by atoms with Crippen molar-refractivity contribution in [1.82, 2.24) is 0 Å². The lowest BCUT2D eigenvalue weighted by Gasteiger charge is -2.10. The molecule has 0 saturated heterocycles. The molecule has 1 aliphatic rings. The molecule has 2 aromatic rings. The minimum absolute atomic E-state index is 0.0647. The molecule has 3 nitrogen and oxygen atoms in total. The van der Waals surface area contributed by atoms with Crippen LogP contribution in [-0.2, 0) is 11.4 Å². The molecule has 2 atom stereocenters. The summed E-state index contributed by atoms with van der Waals surface area (Å²) in [5, 5.41) is 8.88. The Morgan fingerprint density at radius 2 is 1.82 bits per heavy atom. The van der Waals surface area contributed by atoms with Gasteiger partial charge in [0.05, 0.1) is 5.92 Å². The quantitative estimate of drug-likeness (QED) is 0.915. The summed E-state index contributed by atoms with van der Waals surface area (Å²) in [6, 6.07) is 11.4. The Labute approximate surface area is 126 Å². The number of aliphatic carboxylic acids is 1. The summed E-state index contributed by atoms with van der Waals surface area (Å²) in [7, 11) is 0. The number of hydrogen-bond acceptors (Lipinski definition) is 2. The number of rotatable bonds is 5. The number of carbonyl (C=O) groups is 1. The molecule has 1 aliphatic carbocycles. The first kappa shape index (κ1) is 14.5. The first-order valence-corrected chi connectivity index (χ1v) is 6.94. The van der Waals surface area contributed by atoms with E-state index in [2.05, 4.69) is 0 Å². The molecular formula is C17H14F2O3. The van der Waals surface area contributed by atoms with E-state index in [0.29, 0.717) is 12.0 Å². The monoisotopic (exact) mass is 304 g/mol. The summed E-state index contributed by atoms with van der Waals surface area (Å²) in [5.74, 6) is -3.83. The van der Waals surface area contributed by atoms with Crippen LogP contribution in [0.2, 0.25) is 0 Å². The van der Waals surface area contributed by atoms with Gasteiger partial charge in [-0.25, -0.2) is 8.78 Å². The number of hydrogen-bond donors (Lipinski definition) is 1. The van der Waals surface area contributed by atoms with Crippen LogP contribution in [0.3, 0.4) is 0 Å². The molecule has 0 radical (unpaired) electrons. The van der Waals surface area contributed by atoms with Crippen molar-refractivity contribution >= 4 is 5.97 Å². The van der Waals surface area contributed by atoms with Crippen LogP contribution >= 0.6 is 0 Å². The van der Waals surface area contributed by atoms with Crippen molar-refractivity contribution in [3.8, 4) is 5.75 Å². The summed E-state index contributed by atoms with van der Waals surface area (Å²) in [4.78, 5) is 10.8. The first-order chi connectivity index (χ1) is 10.6. The second-order valence-corrected chi connectivity index (χ2v) is 5.37. The van der Waals surface area contributed by atoms with Crippen LogP contribution in [0.4, 0.5) is 8.78 Å². The van der Waals surface area contributed by atoms with Gasteiger partial charge in [-0.3, -0.25) is 4.79 Å². The van der Waals surface area contributed by atoms with Crippen LogP contribution in [0.1, 0.15) is 23.5 Å². The predicted molar refractivity (Wildman–Crippen MR) is 75.6 cm³/mol. The third kappa shape index (κ3) is 2.93. The molecule has 0 aromatic heterocycles. The number of ether oxygens (including phenoxy) is 1. The van der Waals surface area contributed by atoms with E-state index in [1.54, 1.807) is 12.1 Å². The van der Waals surface area contributed by atoms with E-state index in [0.717, 1.165) is 17.7 Å². The molecule has 0 spiro atoms. The third-order valence-electron chi connectivity index (χ3n) is 3.78. The summed E-state index contributed by atoms with van der Waals surface area (Å²) in [5.41, 5.74) is 1.17. The Kier molecular flexibility index (Phi) is 3.79. The topological polar surface area (TPSA) is 46.5 Å². The summed E-state index contributed by atoms with van der Waals surface area (Å²) >= 11 is 0. The Balaban J connectivity index is 1.74. The average molecular weight is 304 g/mol. The van der Waals surface area contributed by atoms with Crippen molar-refractivity contribution in [2.45, 2.75) is 18.9 Å². The fourth-order valence-electron chi connectivity index (χ4n) is 2.50. The number of halogens is 2. The normalized spacial score (nSPS) is 19.7. The largest absolute Gasteiger partial charge is 0.483 e. The van der Waals surface area contributed by atoms with Gasteiger partial charge in [-0.2, -0.15) is 0 Å².